The highest BCUT2D eigenvalue weighted by Gasteiger charge is 2.26. The van der Waals surface area contributed by atoms with E-state index < -0.39 is 30.4 Å². The van der Waals surface area contributed by atoms with Crippen molar-refractivity contribution in [1.29, 1.82) is 0 Å². The van der Waals surface area contributed by atoms with Crippen molar-refractivity contribution in [3.8, 4) is 0 Å². The van der Waals surface area contributed by atoms with Crippen LogP contribution in [-0.2, 0) is 9.59 Å². The average Bonchev–Trinajstić information content (AvgIpc) is 2.28. The molecule has 0 spiro atoms. The Morgan fingerprint density at radius 3 is 2.39 bits per heavy atom. The van der Waals surface area contributed by atoms with Crippen LogP contribution in [0.4, 0.5) is 4.79 Å². The topological polar surface area (TPSA) is 113 Å². The Balaban J connectivity index is 2.50. The van der Waals surface area contributed by atoms with Crippen molar-refractivity contribution in [2.75, 3.05) is 13.1 Å². The van der Waals surface area contributed by atoms with Gasteiger partial charge in [0.05, 0.1) is 6.42 Å². The van der Waals surface area contributed by atoms with E-state index in [1.165, 1.54) is 0 Å². The maximum atomic E-state index is 11.8. The minimum atomic E-state index is -1.26. The highest BCUT2D eigenvalue weighted by atomic mass is 16.4. The molecule has 0 bridgehead atoms. The van der Waals surface area contributed by atoms with Gasteiger partial charge in [-0.15, -0.1) is 0 Å². The zero-order chi connectivity index (χ0) is 13.7. The number of carboxylic acid groups (broad SMARTS) is 1. The van der Waals surface area contributed by atoms with E-state index >= 15 is 0 Å². The number of nitrogens with zero attached hydrogens (tertiary/aromatic N) is 1. The lowest BCUT2D eigenvalue weighted by Gasteiger charge is -2.31. The molecule has 102 valence electrons. The van der Waals surface area contributed by atoms with Crippen molar-refractivity contribution in [3.63, 3.8) is 0 Å². The summed E-state index contributed by atoms with van der Waals surface area (Å²) in [6.07, 6.45) is 1.41. The van der Waals surface area contributed by atoms with Gasteiger partial charge in [0.2, 0.25) is 5.91 Å². The van der Waals surface area contributed by atoms with Crippen molar-refractivity contribution in [2.45, 2.75) is 32.2 Å². The number of carboxylic acids is 1. The summed E-state index contributed by atoms with van der Waals surface area (Å²) < 4.78 is 0. The number of rotatable bonds is 4. The minimum absolute atomic E-state index is 0.398. The number of likely N-dealkylation sites (tertiary alicyclic amines) is 1. The zero-order valence-electron chi connectivity index (χ0n) is 10.4. The van der Waals surface area contributed by atoms with E-state index in [2.05, 4.69) is 12.2 Å². The first-order valence-electron chi connectivity index (χ1n) is 5.96. The lowest BCUT2D eigenvalue weighted by Crippen LogP contribution is -2.51. The molecule has 1 atom stereocenters. The molecule has 3 amide bonds. The van der Waals surface area contributed by atoms with E-state index in [-0.39, 0.29) is 0 Å². The summed E-state index contributed by atoms with van der Waals surface area (Å²) in [4.78, 5) is 34.9. The van der Waals surface area contributed by atoms with E-state index in [9.17, 15) is 14.4 Å². The molecule has 4 N–H and O–H groups in total. The predicted octanol–water partition coefficient (Wildman–Crippen LogP) is -0.243. The lowest BCUT2D eigenvalue weighted by atomic mass is 10.00. The van der Waals surface area contributed by atoms with Gasteiger partial charge in [-0.3, -0.25) is 4.79 Å². The number of carbonyl (C=O) groups excluding carboxylic acids is 2. The summed E-state index contributed by atoms with van der Waals surface area (Å²) in [5.74, 6) is -1.43. The number of primary amides is 1. The monoisotopic (exact) mass is 257 g/mol. The Morgan fingerprint density at radius 1 is 1.39 bits per heavy atom. The smallest absolute Gasteiger partial charge is 0.326 e. The second kappa shape index (κ2) is 6.23. The zero-order valence-corrected chi connectivity index (χ0v) is 10.4. The van der Waals surface area contributed by atoms with Crippen molar-refractivity contribution >= 4 is 17.9 Å². The van der Waals surface area contributed by atoms with Gasteiger partial charge >= 0.3 is 12.0 Å². The van der Waals surface area contributed by atoms with E-state index in [1.807, 2.05) is 0 Å². The molecule has 1 saturated heterocycles. The van der Waals surface area contributed by atoms with Gasteiger partial charge in [-0.05, 0) is 18.8 Å². The van der Waals surface area contributed by atoms with E-state index in [0.29, 0.717) is 19.0 Å². The number of hydrogen-bond acceptors (Lipinski definition) is 3. The largest absolute Gasteiger partial charge is 0.480 e. The minimum Gasteiger partial charge on any atom is -0.480 e. The number of hydrogen-bond donors (Lipinski definition) is 3. The summed E-state index contributed by atoms with van der Waals surface area (Å²) >= 11 is 0. The first kappa shape index (κ1) is 14.3. The molecule has 0 saturated carbocycles. The SMILES string of the molecule is CC1CCN(C(=O)NC(CC(N)=O)C(=O)O)CC1. The first-order valence-corrected chi connectivity index (χ1v) is 5.96. The van der Waals surface area contributed by atoms with Crippen molar-refractivity contribution in [2.24, 2.45) is 11.7 Å². The summed E-state index contributed by atoms with van der Waals surface area (Å²) in [5.41, 5.74) is 4.94. The van der Waals surface area contributed by atoms with Crippen molar-refractivity contribution in [3.05, 3.63) is 0 Å². The van der Waals surface area contributed by atoms with Gasteiger partial charge < -0.3 is 21.1 Å². The van der Waals surface area contributed by atoms with Gasteiger partial charge in [0, 0.05) is 13.1 Å². The third-order valence-electron chi connectivity index (χ3n) is 3.07. The molecule has 0 aliphatic carbocycles. The number of carbonyl (C=O) groups is 3. The Hall–Kier alpha value is -1.79. The summed E-state index contributed by atoms with van der Waals surface area (Å²) in [6, 6.07) is -1.70. The van der Waals surface area contributed by atoms with Crippen LogP contribution in [0.5, 0.6) is 0 Å². The van der Waals surface area contributed by atoms with Crippen LogP contribution in [0.3, 0.4) is 0 Å². The standard InChI is InChI=1S/C11H19N3O4/c1-7-2-4-14(5-3-7)11(18)13-8(10(16)17)6-9(12)15/h7-8H,2-6H2,1H3,(H2,12,15)(H,13,18)(H,16,17). The molecule has 7 nitrogen and oxygen atoms in total. The van der Waals surface area contributed by atoms with Crippen LogP contribution in [0, 0.1) is 5.92 Å². The highest BCUT2D eigenvalue weighted by Crippen LogP contribution is 2.15. The fraction of sp³-hybridized carbons (Fsp3) is 0.727. The van der Waals surface area contributed by atoms with Gasteiger partial charge in [-0.1, -0.05) is 6.92 Å². The normalized spacial score (nSPS) is 18.2. The van der Waals surface area contributed by atoms with Crippen molar-refractivity contribution in [1.82, 2.24) is 10.2 Å². The van der Waals surface area contributed by atoms with Crippen LogP contribution in [0.15, 0.2) is 0 Å². The Kier molecular flexibility index (Phi) is 4.94. The number of piperidine rings is 1. The number of urea groups is 1. The predicted molar refractivity (Wildman–Crippen MR) is 63.7 cm³/mol. The number of amides is 3. The van der Waals surface area contributed by atoms with Gasteiger partial charge in [-0.2, -0.15) is 0 Å². The van der Waals surface area contributed by atoms with Gasteiger partial charge in [0.25, 0.3) is 0 Å². The molecule has 1 aliphatic heterocycles. The summed E-state index contributed by atoms with van der Waals surface area (Å²) in [5, 5.41) is 11.2. The maximum Gasteiger partial charge on any atom is 0.326 e. The third-order valence-corrected chi connectivity index (χ3v) is 3.07. The second-order valence-corrected chi connectivity index (χ2v) is 4.68. The molecule has 7 heteroatoms. The van der Waals surface area contributed by atoms with Crippen LogP contribution in [0.25, 0.3) is 0 Å². The molecule has 1 heterocycles. The van der Waals surface area contributed by atoms with Crippen molar-refractivity contribution < 1.29 is 19.5 Å². The van der Waals surface area contributed by atoms with Gasteiger partial charge in [-0.25, -0.2) is 9.59 Å². The Labute approximate surface area is 105 Å². The van der Waals surface area contributed by atoms with Gasteiger partial charge in [0.1, 0.15) is 6.04 Å². The number of aliphatic carboxylic acids is 1. The van der Waals surface area contributed by atoms with Crippen LogP contribution in [0.2, 0.25) is 0 Å². The average molecular weight is 257 g/mol. The number of nitrogens with two attached hydrogens (primary N) is 1. The third kappa shape index (κ3) is 4.23. The molecular formula is C11H19N3O4. The molecule has 0 radical (unpaired) electrons. The molecule has 18 heavy (non-hydrogen) atoms. The molecular weight excluding hydrogens is 238 g/mol. The lowest BCUT2D eigenvalue weighted by molar-refractivity contribution is -0.141. The fourth-order valence-electron chi connectivity index (χ4n) is 1.85. The van der Waals surface area contributed by atoms with Crippen LogP contribution in [0.1, 0.15) is 26.2 Å². The van der Waals surface area contributed by atoms with Crippen LogP contribution in [-0.4, -0.2) is 47.0 Å². The summed E-state index contributed by atoms with van der Waals surface area (Å²) in [7, 11) is 0. The molecule has 0 aromatic rings. The van der Waals surface area contributed by atoms with Crippen LogP contribution < -0.4 is 11.1 Å². The first-order chi connectivity index (χ1) is 8.40. The fourth-order valence-corrected chi connectivity index (χ4v) is 1.85. The second-order valence-electron chi connectivity index (χ2n) is 4.68. The van der Waals surface area contributed by atoms with E-state index in [1.54, 1.807) is 4.90 Å². The molecule has 1 unspecified atom stereocenters. The van der Waals surface area contributed by atoms with Gasteiger partial charge in [0.15, 0.2) is 0 Å². The Morgan fingerprint density at radius 2 is 1.94 bits per heavy atom. The molecule has 1 fully saturated rings. The maximum absolute atomic E-state index is 11.8. The van der Waals surface area contributed by atoms with E-state index in [0.717, 1.165) is 12.8 Å². The Bertz CT molecular complexity index is 337. The quantitative estimate of drug-likeness (QED) is 0.644. The summed E-state index contributed by atoms with van der Waals surface area (Å²) in [6.45, 7) is 3.33. The molecule has 1 rings (SSSR count). The highest BCUT2D eigenvalue weighted by molar-refractivity contribution is 5.87. The van der Waals surface area contributed by atoms with Crippen LogP contribution >= 0.6 is 0 Å². The molecule has 1 aliphatic rings. The molecule has 0 aromatic carbocycles. The number of nitrogens with one attached hydrogen (secondary N) is 1. The molecule has 0 aromatic heterocycles. The van der Waals surface area contributed by atoms with E-state index in [4.69, 9.17) is 10.8 Å².